The second-order valence-electron chi connectivity index (χ2n) is 4.66. The standard InChI is InChI=1S/C12H13N5O4S2/c1-16-10(8(5-13)11(18)17(2)12(16)19)15-6-7-3-4-9(22-7)23(14,20)21/h3-4,15H,6H2,1-2H3,(H2,14,20,21). The molecule has 0 amide bonds. The van der Waals surface area contributed by atoms with Crippen LogP contribution in [-0.2, 0) is 30.7 Å². The Morgan fingerprint density at radius 2 is 1.96 bits per heavy atom. The Bertz CT molecular complexity index is 1020. The number of hydrogen-bond donors (Lipinski definition) is 2. The second-order valence-corrected chi connectivity index (χ2v) is 7.62. The molecule has 122 valence electrons. The van der Waals surface area contributed by atoms with Crippen LogP contribution in [0.25, 0.3) is 0 Å². The van der Waals surface area contributed by atoms with Gasteiger partial charge in [-0.05, 0) is 12.1 Å². The molecule has 2 heterocycles. The van der Waals surface area contributed by atoms with E-state index in [1.165, 1.54) is 20.2 Å². The smallest absolute Gasteiger partial charge is 0.332 e. The number of primary sulfonamides is 1. The van der Waals surface area contributed by atoms with Gasteiger partial charge in [0.05, 0.1) is 6.54 Å². The fourth-order valence-corrected chi connectivity index (χ4v) is 3.65. The van der Waals surface area contributed by atoms with Crippen LogP contribution in [0, 0.1) is 11.3 Å². The van der Waals surface area contributed by atoms with Gasteiger partial charge >= 0.3 is 5.69 Å². The summed E-state index contributed by atoms with van der Waals surface area (Å²) in [5.74, 6) is 0.0751. The predicted molar refractivity (Wildman–Crippen MR) is 84.7 cm³/mol. The molecule has 0 saturated carbocycles. The van der Waals surface area contributed by atoms with Crippen LogP contribution in [0.3, 0.4) is 0 Å². The Labute approximate surface area is 135 Å². The van der Waals surface area contributed by atoms with Crippen molar-refractivity contribution in [2.45, 2.75) is 10.8 Å². The fourth-order valence-electron chi connectivity index (χ4n) is 1.93. The summed E-state index contributed by atoms with van der Waals surface area (Å²) in [6.07, 6.45) is 0. The van der Waals surface area contributed by atoms with Crippen molar-refractivity contribution >= 4 is 27.2 Å². The van der Waals surface area contributed by atoms with Gasteiger partial charge in [-0.1, -0.05) is 0 Å². The van der Waals surface area contributed by atoms with E-state index in [0.29, 0.717) is 4.88 Å². The highest BCUT2D eigenvalue weighted by atomic mass is 32.2. The molecule has 2 rings (SSSR count). The summed E-state index contributed by atoms with van der Waals surface area (Å²) in [6, 6.07) is 4.69. The van der Waals surface area contributed by atoms with E-state index in [0.717, 1.165) is 20.5 Å². The van der Waals surface area contributed by atoms with E-state index >= 15 is 0 Å². The van der Waals surface area contributed by atoms with Crippen molar-refractivity contribution in [2.24, 2.45) is 19.2 Å². The lowest BCUT2D eigenvalue weighted by Crippen LogP contribution is -2.39. The molecule has 0 aliphatic rings. The van der Waals surface area contributed by atoms with Gasteiger partial charge < -0.3 is 5.32 Å². The molecule has 3 N–H and O–H groups in total. The van der Waals surface area contributed by atoms with Crippen LogP contribution in [0.2, 0.25) is 0 Å². The number of hydrogen-bond acceptors (Lipinski definition) is 7. The lowest BCUT2D eigenvalue weighted by atomic mass is 10.3. The molecule has 23 heavy (non-hydrogen) atoms. The second kappa shape index (κ2) is 5.99. The highest BCUT2D eigenvalue weighted by Gasteiger charge is 2.16. The summed E-state index contributed by atoms with van der Waals surface area (Å²) in [5.41, 5.74) is -1.47. The number of nitriles is 1. The number of sulfonamides is 1. The van der Waals surface area contributed by atoms with Gasteiger partial charge in [0.1, 0.15) is 16.1 Å². The maximum atomic E-state index is 11.9. The number of nitrogens with zero attached hydrogens (tertiary/aromatic N) is 3. The molecular formula is C12H13N5O4S2. The van der Waals surface area contributed by atoms with Crippen molar-refractivity contribution < 1.29 is 8.42 Å². The van der Waals surface area contributed by atoms with Crippen LogP contribution in [0.1, 0.15) is 10.4 Å². The Morgan fingerprint density at radius 3 is 2.48 bits per heavy atom. The molecule has 0 fully saturated rings. The van der Waals surface area contributed by atoms with Gasteiger partial charge in [0.15, 0.2) is 5.56 Å². The molecule has 0 aliphatic carbocycles. The first-order valence-corrected chi connectivity index (χ1v) is 8.58. The van der Waals surface area contributed by atoms with Gasteiger partial charge in [-0.3, -0.25) is 13.9 Å². The molecule has 0 spiro atoms. The average molecular weight is 355 g/mol. The van der Waals surface area contributed by atoms with Crippen molar-refractivity contribution in [2.75, 3.05) is 5.32 Å². The summed E-state index contributed by atoms with van der Waals surface area (Å²) in [6.45, 7) is 0.134. The SMILES string of the molecule is Cn1c(NCc2ccc(S(N)(=O)=O)s2)c(C#N)c(=O)n(C)c1=O. The van der Waals surface area contributed by atoms with Crippen molar-refractivity contribution in [3.05, 3.63) is 43.4 Å². The number of anilines is 1. The average Bonchev–Trinajstić information content (AvgIpc) is 2.96. The third-order valence-corrected chi connectivity index (χ3v) is 5.65. The number of rotatable bonds is 4. The molecule has 2 aromatic heterocycles. The lowest BCUT2D eigenvalue weighted by Gasteiger charge is -2.12. The number of aromatic nitrogens is 2. The summed E-state index contributed by atoms with van der Waals surface area (Å²) < 4.78 is 24.5. The van der Waals surface area contributed by atoms with Gasteiger partial charge in [0.2, 0.25) is 10.0 Å². The molecule has 0 radical (unpaired) electrons. The van der Waals surface area contributed by atoms with E-state index in [9.17, 15) is 18.0 Å². The quantitative estimate of drug-likeness (QED) is 0.741. The summed E-state index contributed by atoms with van der Waals surface area (Å²) in [7, 11) is -1.06. The fraction of sp³-hybridized carbons (Fsp3) is 0.250. The van der Waals surface area contributed by atoms with Crippen molar-refractivity contribution in [1.29, 1.82) is 5.26 Å². The van der Waals surface area contributed by atoms with Crippen LogP contribution in [0.5, 0.6) is 0 Å². The Kier molecular flexibility index (Phi) is 4.42. The first-order chi connectivity index (χ1) is 10.7. The molecule has 0 bridgehead atoms. The predicted octanol–water partition coefficient (Wildman–Crippen LogP) is -0.723. The summed E-state index contributed by atoms with van der Waals surface area (Å²) in [4.78, 5) is 24.5. The summed E-state index contributed by atoms with van der Waals surface area (Å²) in [5, 5.41) is 17.0. The maximum Gasteiger partial charge on any atom is 0.332 e. The largest absolute Gasteiger partial charge is 0.365 e. The molecule has 0 aliphatic heterocycles. The zero-order chi connectivity index (χ0) is 17.4. The van der Waals surface area contributed by atoms with Crippen LogP contribution in [0.15, 0.2) is 25.9 Å². The van der Waals surface area contributed by atoms with Crippen LogP contribution >= 0.6 is 11.3 Å². The van der Waals surface area contributed by atoms with Gasteiger partial charge in [-0.15, -0.1) is 11.3 Å². The van der Waals surface area contributed by atoms with E-state index in [1.807, 2.05) is 0 Å². The van der Waals surface area contributed by atoms with E-state index in [4.69, 9.17) is 10.4 Å². The molecule has 0 saturated heterocycles. The van der Waals surface area contributed by atoms with Gasteiger partial charge in [-0.25, -0.2) is 18.4 Å². The topological polar surface area (TPSA) is 140 Å². The van der Waals surface area contributed by atoms with E-state index in [2.05, 4.69) is 5.32 Å². The minimum Gasteiger partial charge on any atom is -0.365 e. The van der Waals surface area contributed by atoms with Crippen LogP contribution < -0.4 is 21.7 Å². The lowest BCUT2D eigenvalue weighted by molar-refractivity contribution is 0.600. The molecule has 11 heteroatoms. The zero-order valence-electron chi connectivity index (χ0n) is 12.2. The van der Waals surface area contributed by atoms with Crippen molar-refractivity contribution in [3.63, 3.8) is 0 Å². The van der Waals surface area contributed by atoms with Crippen molar-refractivity contribution in [3.8, 4) is 6.07 Å². The first kappa shape index (κ1) is 16.9. The highest BCUT2D eigenvalue weighted by molar-refractivity contribution is 7.91. The van der Waals surface area contributed by atoms with Crippen LogP contribution in [0.4, 0.5) is 5.82 Å². The van der Waals surface area contributed by atoms with Gasteiger partial charge in [-0.2, -0.15) is 5.26 Å². The number of nitrogens with two attached hydrogens (primary N) is 1. The minimum atomic E-state index is -3.78. The summed E-state index contributed by atoms with van der Waals surface area (Å²) >= 11 is 0.961. The molecule has 0 unspecified atom stereocenters. The van der Waals surface area contributed by atoms with E-state index < -0.39 is 21.3 Å². The Morgan fingerprint density at radius 1 is 1.30 bits per heavy atom. The third-order valence-electron chi connectivity index (χ3n) is 3.12. The van der Waals surface area contributed by atoms with Gasteiger partial charge in [0, 0.05) is 19.0 Å². The monoisotopic (exact) mass is 355 g/mol. The number of nitrogens with one attached hydrogen (secondary N) is 1. The Balaban J connectivity index is 2.39. The van der Waals surface area contributed by atoms with E-state index in [-0.39, 0.29) is 22.1 Å². The third kappa shape index (κ3) is 3.19. The van der Waals surface area contributed by atoms with Gasteiger partial charge in [0.25, 0.3) is 5.56 Å². The minimum absolute atomic E-state index is 0.00710. The number of thiophene rings is 1. The molecule has 0 aromatic carbocycles. The van der Waals surface area contributed by atoms with E-state index in [1.54, 1.807) is 12.1 Å². The normalized spacial score (nSPS) is 11.2. The zero-order valence-corrected chi connectivity index (χ0v) is 13.9. The molecule has 0 atom stereocenters. The molecular weight excluding hydrogens is 342 g/mol. The Hall–Kier alpha value is -2.42. The first-order valence-electron chi connectivity index (χ1n) is 6.22. The van der Waals surface area contributed by atoms with Crippen LogP contribution in [-0.4, -0.2) is 17.6 Å². The maximum absolute atomic E-state index is 11.9. The molecule has 2 aromatic rings. The highest BCUT2D eigenvalue weighted by Crippen LogP contribution is 2.21. The molecule has 9 nitrogen and oxygen atoms in total. The van der Waals surface area contributed by atoms with Crippen molar-refractivity contribution in [1.82, 2.24) is 9.13 Å².